The van der Waals surface area contributed by atoms with E-state index in [-0.39, 0.29) is 11.2 Å². The van der Waals surface area contributed by atoms with Crippen LogP contribution in [-0.2, 0) is 24.4 Å². The Bertz CT molecular complexity index is 1270. The Morgan fingerprint density at radius 3 is 2.26 bits per heavy atom. The highest BCUT2D eigenvalue weighted by Gasteiger charge is 2.36. The first-order valence-electron chi connectivity index (χ1n) is 13.2. The number of likely N-dealkylation sites (N-methyl/N-ethyl adjacent to an activating group) is 2. The Labute approximate surface area is 229 Å². The molecular weight excluding hydrogens is 503 g/mol. The van der Waals surface area contributed by atoms with Gasteiger partial charge in [0.1, 0.15) is 11.6 Å². The van der Waals surface area contributed by atoms with Crippen molar-refractivity contribution in [1.29, 1.82) is 0 Å². The van der Waals surface area contributed by atoms with Gasteiger partial charge < -0.3 is 20.0 Å². The van der Waals surface area contributed by atoms with Gasteiger partial charge in [0.15, 0.2) is 0 Å². The van der Waals surface area contributed by atoms with E-state index >= 15 is 0 Å². The molecule has 10 heteroatoms. The minimum atomic E-state index is -4.48. The van der Waals surface area contributed by atoms with Gasteiger partial charge in [-0.3, -0.25) is 0 Å². The van der Waals surface area contributed by atoms with Crippen molar-refractivity contribution >= 4 is 23.3 Å². The molecule has 0 amide bonds. The third-order valence-corrected chi connectivity index (χ3v) is 6.96. The first-order valence-corrected chi connectivity index (χ1v) is 13.2. The fourth-order valence-electron chi connectivity index (χ4n) is 4.58. The van der Waals surface area contributed by atoms with Crippen molar-refractivity contribution in [2.45, 2.75) is 45.2 Å². The zero-order chi connectivity index (χ0) is 28.4. The van der Waals surface area contributed by atoms with E-state index in [0.29, 0.717) is 37.7 Å². The smallest absolute Gasteiger partial charge is 0.355 e. The number of rotatable bonds is 7. The van der Waals surface area contributed by atoms with Gasteiger partial charge in [-0.1, -0.05) is 32.9 Å². The Morgan fingerprint density at radius 1 is 0.923 bits per heavy atom. The summed E-state index contributed by atoms with van der Waals surface area (Å²) in [5.41, 5.74) is 3.21. The molecule has 1 aliphatic heterocycles. The standard InChI is InChI=1S/C29H38F3N7/c1-28(2,3)20-9-11-21(12-10-20)34-25-22-13-16-39(26-23(29(30,31)32)8-7-15-33-26)17-14-24(22)35-27(36-25)38(6)19-18-37(4)5/h7-12,15H,13-14,16-19H2,1-6H3,(H,34,35,36). The summed E-state index contributed by atoms with van der Waals surface area (Å²) in [6.45, 7) is 8.85. The highest BCUT2D eigenvalue weighted by molar-refractivity contribution is 5.63. The van der Waals surface area contributed by atoms with Crippen molar-refractivity contribution < 1.29 is 13.2 Å². The lowest BCUT2D eigenvalue weighted by atomic mass is 9.87. The van der Waals surface area contributed by atoms with Crippen LogP contribution in [0.1, 0.15) is 43.2 Å². The molecule has 39 heavy (non-hydrogen) atoms. The zero-order valence-electron chi connectivity index (χ0n) is 23.6. The number of hydrogen-bond donors (Lipinski definition) is 1. The van der Waals surface area contributed by atoms with Gasteiger partial charge in [0.05, 0.1) is 11.3 Å². The van der Waals surface area contributed by atoms with Crippen LogP contribution in [0.25, 0.3) is 0 Å². The molecule has 0 bridgehead atoms. The molecule has 0 unspecified atom stereocenters. The molecule has 0 radical (unpaired) electrons. The number of halogens is 3. The minimum Gasteiger partial charge on any atom is -0.355 e. The second-order valence-corrected chi connectivity index (χ2v) is 11.3. The predicted molar refractivity (Wildman–Crippen MR) is 151 cm³/mol. The number of anilines is 4. The quantitative estimate of drug-likeness (QED) is 0.422. The van der Waals surface area contributed by atoms with Gasteiger partial charge in [-0.15, -0.1) is 0 Å². The van der Waals surface area contributed by atoms with E-state index in [4.69, 9.17) is 9.97 Å². The van der Waals surface area contributed by atoms with Gasteiger partial charge in [0.25, 0.3) is 0 Å². The maximum absolute atomic E-state index is 13.7. The van der Waals surface area contributed by atoms with Gasteiger partial charge in [-0.2, -0.15) is 18.2 Å². The molecule has 0 fully saturated rings. The van der Waals surface area contributed by atoms with E-state index in [9.17, 15) is 13.2 Å². The van der Waals surface area contributed by atoms with Gasteiger partial charge >= 0.3 is 6.18 Å². The lowest BCUT2D eigenvalue weighted by Gasteiger charge is -2.24. The Kier molecular flexibility index (Phi) is 8.34. The highest BCUT2D eigenvalue weighted by Crippen LogP contribution is 2.36. The molecule has 2 aromatic heterocycles. The topological polar surface area (TPSA) is 60.4 Å². The predicted octanol–water partition coefficient (Wildman–Crippen LogP) is 5.53. The zero-order valence-corrected chi connectivity index (χ0v) is 23.6. The fraction of sp³-hybridized carbons (Fsp3) is 0.483. The van der Waals surface area contributed by atoms with E-state index in [1.54, 1.807) is 4.90 Å². The largest absolute Gasteiger partial charge is 0.419 e. The van der Waals surface area contributed by atoms with Crippen LogP contribution in [0.5, 0.6) is 0 Å². The third-order valence-electron chi connectivity index (χ3n) is 6.96. The first-order chi connectivity index (χ1) is 18.3. The molecular formula is C29H38F3N7. The summed E-state index contributed by atoms with van der Waals surface area (Å²) in [4.78, 5) is 19.7. The number of aromatic nitrogens is 3. The van der Waals surface area contributed by atoms with Crippen LogP contribution in [-0.4, -0.2) is 67.2 Å². The lowest BCUT2D eigenvalue weighted by molar-refractivity contribution is -0.137. The Balaban J connectivity index is 1.68. The lowest BCUT2D eigenvalue weighted by Crippen LogP contribution is -2.30. The molecule has 1 aromatic carbocycles. The van der Waals surface area contributed by atoms with Gasteiger partial charge in [0.2, 0.25) is 5.95 Å². The third kappa shape index (κ3) is 6.98. The van der Waals surface area contributed by atoms with Crippen LogP contribution in [0.2, 0.25) is 0 Å². The minimum absolute atomic E-state index is 0.0387. The molecule has 0 saturated heterocycles. The van der Waals surface area contributed by atoms with Gasteiger partial charge in [0, 0.05) is 57.1 Å². The van der Waals surface area contributed by atoms with Crippen molar-refractivity contribution in [3.05, 3.63) is 65.0 Å². The maximum Gasteiger partial charge on any atom is 0.419 e. The first kappa shape index (κ1) is 28.6. The molecule has 3 heterocycles. The van der Waals surface area contributed by atoms with E-state index < -0.39 is 11.7 Å². The van der Waals surface area contributed by atoms with Gasteiger partial charge in [-0.25, -0.2) is 9.97 Å². The average Bonchev–Trinajstić information content (AvgIpc) is 3.09. The van der Waals surface area contributed by atoms with E-state index in [0.717, 1.165) is 36.1 Å². The summed E-state index contributed by atoms with van der Waals surface area (Å²) in [5, 5.41) is 3.49. The number of pyridine rings is 1. The van der Waals surface area contributed by atoms with E-state index in [1.807, 2.05) is 38.2 Å². The summed E-state index contributed by atoms with van der Waals surface area (Å²) < 4.78 is 41.2. The fourth-order valence-corrected chi connectivity index (χ4v) is 4.58. The molecule has 4 rings (SSSR count). The summed E-state index contributed by atoms with van der Waals surface area (Å²) in [7, 11) is 5.99. The number of hydrogen-bond acceptors (Lipinski definition) is 7. The van der Waals surface area contributed by atoms with E-state index in [1.165, 1.54) is 17.8 Å². The SMILES string of the molecule is CN(C)CCN(C)c1nc2c(c(Nc3ccc(C(C)(C)C)cc3)n1)CCN(c1ncccc1C(F)(F)F)CC2. The number of nitrogens with one attached hydrogen (secondary N) is 1. The number of benzene rings is 1. The molecule has 210 valence electrons. The van der Waals surface area contributed by atoms with Crippen LogP contribution in [0.3, 0.4) is 0 Å². The molecule has 0 aliphatic carbocycles. The van der Waals surface area contributed by atoms with Gasteiger partial charge in [-0.05, 0) is 55.8 Å². The van der Waals surface area contributed by atoms with Crippen LogP contribution in [0.15, 0.2) is 42.6 Å². The van der Waals surface area contributed by atoms with Crippen LogP contribution in [0, 0.1) is 0 Å². The summed E-state index contributed by atoms with van der Waals surface area (Å²) in [6, 6.07) is 10.7. The van der Waals surface area contributed by atoms with Crippen molar-refractivity contribution in [1.82, 2.24) is 19.9 Å². The molecule has 3 aromatic rings. The van der Waals surface area contributed by atoms with E-state index in [2.05, 4.69) is 48.1 Å². The molecule has 1 N–H and O–H groups in total. The molecule has 7 nitrogen and oxygen atoms in total. The van der Waals surface area contributed by atoms with Crippen molar-refractivity contribution in [3.8, 4) is 0 Å². The Morgan fingerprint density at radius 2 is 1.62 bits per heavy atom. The van der Waals surface area contributed by atoms with Crippen molar-refractivity contribution in [2.24, 2.45) is 0 Å². The summed E-state index contributed by atoms with van der Waals surface area (Å²) in [5.74, 6) is 1.24. The van der Waals surface area contributed by atoms with Crippen LogP contribution >= 0.6 is 0 Å². The summed E-state index contributed by atoms with van der Waals surface area (Å²) in [6.07, 6.45) is -2.09. The average molecular weight is 542 g/mol. The number of fused-ring (bicyclic) bond motifs is 1. The number of alkyl halides is 3. The van der Waals surface area contributed by atoms with Crippen LogP contribution in [0.4, 0.5) is 36.4 Å². The van der Waals surface area contributed by atoms with Crippen molar-refractivity contribution in [2.75, 3.05) is 62.4 Å². The Hall–Kier alpha value is -3.40. The van der Waals surface area contributed by atoms with Crippen LogP contribution < -0.4 is 15.1 Å². The molecule has 0 atom stereocenters. The highest BCUT2D eigenvalue weighted by atomic mass is 19.4. The molecule has 0 saturated carbocycles. The second kappa shape index (κ2) is 11.4. The van der Waals surface area contributed by atoms with Crippen molar-refractivity contribution in [3.63, 3.8) is 0 Å². The second-order valence-electron chi connectivity index (χ2n) is 11.3. The summed E-state index contributed by atoms with van der Waals surface area (Å²) >= 11 is 0. The monoisotopic (exact) mass is 541 g/mol. The maximum atomic E-state index is 13.7. The molecule has 1 aliphatic rings. The number of nitrogens with zero attached hydrogens (tertiary/aromatic N) is 6. The normalized spacial score (nSPS) is 14.3. The molecule has 0 spiro atoms.